The molecule has 0 aromatic heterocycles. The molecule has 14 rings (SSSR count). The largest absolute Gasteiger partial charge is 0.0731 e. The van der Waals surface area contributed by atoms with Crippen LogP contribution in [0.1, 0.15) is 22.3 Å². The molecule has 0 bridgehead atoms. The van der Waals surface area contributed by atoms with E-state index in [0.717, 1.165) is 0 Å². The molecule has 0 N–H and O–H groups in total. The zero-order chi connectivity index (χ0) is 38.4. The van der Waals surface area contributed by atoms with Crippen LogP contribution in [-0.2, 0) is 5.41 Å². The van der Waals surface area contributed by atoms with Gasteiger partial charge in [0, 0.05) is 0 Å². The summed E-state index contributed by atoms with van der Waals surface area (Å²) in [5.74, 6) is 0. The zero-order valence-corrected chi connectivity index (χ0v) is 32.1. The van der Waals surface area contributed by atoms with Crippen LogP contribution in [0.25, 0.3) is 109 Å². The molecular weight excluding hydrogens is 709 g/mol. The Bertz CT molecular complexity index is 3730. The van der Waals surface area contributed by atoms with Gasteiger partial charge in [-0.15, -0.1) is 0 Å². The fourth-order valence-corrected chi connectivity index (χ4v) is 11.7. The van der Waals surface area contributed by atoms with Crippen LogP contribution in [-0.4, -0.2) is 0 Å². The Morgan fingerprint density at radius 3 is 1.56 bits per heavy atom. The Balaban J connectivity index is 1.06. The van der Waals surface area contributed by atoms with Crippen LogP contribution in [0.2, 0.25) is 0 Å². The van der Waals surface area contributed by atoms with Crippen molar-refractivity contribution < 1.29 is 0 Å². The van der Waals surface area contributed by atoms with Gasteiger partial charge in [0.2, 0.25) is 0 Å². The summed E-state index contributed by atoms with van der Waals surface area (Å²) in [6, 6.07) is 78.2. The molecule has 0 heteroatoms. The highest BCUT2D eigenvalue weighted by Crippen LogP contribution is 2.65. The fourth-order valence-electron chi connectivity index (χ4n) is 11.7. The average molecular weight is 743 g/mol. The van der Waals surface area contributed by atoms with Crippen LogP contribution < -0.4 is 0 Å². The minimum atomic E-state index is -0.467. The minimum absolute atomic E-state index is 0.467. The molecule has 12 aromatic rings. The van der Waals surface area contributed by atoms with Crippen LogP contribution in [0.4, 0.5) is 0 Å². The topological polar surface area (TPSA) is 0 Å². The van der Waals surface area contributed by atoms with Crippen molar-refractivity contribution in [1.29, 1.82) is 0 Å². The Morgan fingerprint density at radius 1 is 0.254 bits per heavy atom. The summed E-state index contributed by atoms with van der Waals surface area (Å²) < 4.78 is 0. The summed E-state index contributed by atoms with van der Waals surface area (Å²) in [6.07, 6.45) is 0. The van der Waals surface area contributed by atoms with Crippen molar-refractivity contribution in [1.82, 2.24) is 0 Å². The molecule has 0 atom stereocenters. The molecule has 270 valence electrons. The normalized spacial score (nSPS) is 13.6. The van der Waals surface area contributed by atoms with E-state index in [4.69, 9.17) is 0 Å². The smallest absolute Gasteiger partial charge is 0.0619 e. The average Bonchev–Trinajstić information content (AvgIpc) is 3.77. The van der Waals surface area contributed by atoms with Crippen molar-refractivity contribution in [2.24, 2.45) is 0 Å². The van der Waals surface area contributed by atoms with Gasteiger partial charge in [-0.3, -0.25) is 0 Å². The monoisotopic (exact) mass is 742 g/mol. The second-order valence-corrected chi connectivity index (χ2v) is 16.7. The maximum atomic E-state index is 2.55. The van der Waals surface area contributed by atoms with E-state index in [2.05, 4.69) is 206 Å². The lowest BCUT2D eigenvalue weighted by atomic mass is 9.69. The molecular formula is C59H34. The van der Waals surface area contributed by atoms with Gasteiger partial charge in [0.15, 0.2) is 0 Å². The Labute approximate surface area is 341 Å². The third-order valence-corrected chi connectivity index (χ3v) is 14.0. The number of hydrogen-bond donors (Lipinski definition) is 0. The number of fused-ring (bicyclic) bond motifs is 16. The van der Waals surface area contributed by atoms with E-state index in [9.17, 15) is 0 Å². The van der Waals surface area contributed by atoms with Crippen LogP contribution in [0.5, 0.6) is 0 Å². The van der Waals surface area contributed by atoms with Gasteiger partial charge in [-0.1, -0.05) is 188 Å². The molecule has 0 aliphatic heterocycles. The van der Waals surface area contributed by atoms with Crippen molar-refractivity contribution in [3.8, 4) is 44.5 Å². The fraction of sp³-hybridized carbons (Fsp3) is 0.0169. The van der Waals surface area contributed by atoms with Gasteiger partial charge in [0.25, 0.3) is 0 Å². The van der Waals surface area contributed by atoms with Gasteiger partial charge >= 0.3 is 0 Å². The van der Waals surface area contributed by atoms with Crippen LogP contribution in [0, 0.1) is 0 Å². The highest BCUT2D eigenvalue weighted by Gasteiger charge is 2.53. The molecule has 0 amide bonds. The number of rotatable bonds is 2. The van der Waals surface area contributed by atoms with Gasteiger partial charge in [-0.2, -0.15) is 0 Å². The summed E-state index contributed by atoms with van der Waals surface area (Å²) in [6.45, 7) is 0. The second-order valence-electron chi connectivity index (χ2n) is 16.7. The first-order valence-electron chi connectivity index (χ1n) is 20.8. The second kappa shape index (κ2) is 11.3. The SMILES string of the molecule is c1ccc(-c2ccc3ccc4cccc5ccc2c3c45)c(-c2ccc3cc4c(cc3c2)C2(c3ccccc3-c3ccccc32)c2c-4c3ccccc3c3ccccc23)c1. The summed E-state index contributed by atoms with van der Waals surface area (Å²) in [4.78, 5) is 0. The van der Waals surface area contributed by atoms with Gasteiger partial charge in [-0.05, 0) is 150 Å². The van der Waals surface area contributed by atoms with Crippen LogP contribution >= 0.6 is 0 Å². The predicted molar refractivity (Wildman–Crippen MR) is 250 cm³/mol. The highest BCUT2D eigenvalue weighted by molar-refractivity contribution is 6.26. The molecule has 0 saturated carbocycles. The summed E-state index contributed by atoms with van der Waals surface area (Å²) in [7, 11) is 0. The van der Waals surface area contributed by atoms with Crippen LogP contribution in [0.15, 0.2) is 206 Å². The molecule has 0 fully saturated rings. The third kappa shape index (κ3) is 3.94. The first-order chi connectivity index (χ1) is 29.3. The van der Waals surface area contributed by atoms with Crippen LogP contribution in [0.3, 0.4) is 0 Å². The Hall–Kier alpha value is -7.54. The van der Waals surface area contributed by atoms with E-state index in [0.29, 0.717) is 0 Å². The zero-order valence-electron chi connectivity index (χ0n) is 32.1. The Kier molecular flexibility index (Phi) is 6.05. The predicted octanol–water partition coefficient (Wildman–Crippen LogP) is 15.7. The molecule has 0 heterocycles. The summed E-state index contributed by atoms with van der Waals surface area (Å²) >= 11 is 0. The molecule has 59 heavy (non-hydrogen) atoms. The van der Waals surface area contributed by atoms with Crippen molar-refractivity contribution in [3.63, 3.8) is 0 Å². The first kappa shape index (κ1) is 31.5. The molecule has 0 radical (unpaired) electrons. The van der Waals surface area contributed by atoms with Gasteiger partial charge in [-0.25, -0.2) is 0 Å². The standard InChI is InChI=1S/C59H34/c1-2-15-42(45-30-28-37-25-24-35-12-11-13-36-29-31-49(45)56(37)55(35)36)41(14-1)39-27-26-38-33-51-54(34-40(38)32-39)59(52-22-9-7-18-46(52)47-19-8-10-23-53(47)59)58-50-21-6-4-17-44(50)43-16-3-5-20-48(43)57(51)58/h1-34H. The number of benzene rings is 12. The first-order valence-corrected chi connectivity index (χ1v) is 20.8. The molecule has 0 nitrogen and oxygen atoms in total. The molecule has 2 aliphatic carbocycles. The lowest BCUT2D eigenvalue weighted by molar-refractivity contribution is 0.803. The lowest BCUT2D eigenvalue weighted by Crippen LogP contribution is -2.26. The molecule has 0 unspecified atom stereocenters. The molecule has 2 aliphatic rings. The highest BCUT2D eigenvalue weighted by atomic mass is 14.5. The van der Waals surface area contributed by atoms with Crippen molar-refractivity contribution in [2.75, 3.05) is 0 Å². The summed E-state index contributed by atoms with van der Waals surface area (Å²) in [5, 5.41) is 15.7. The molecule has 1 spiro atoms. The van der Waals surface area contributed by atoms with E-state index >= 15 is 0 Å². The molecule has 0 saturated heterocycles. The van der Waals surface area contributed by atoms with E-state index < -0.39 is 5.41 Å². The third-order valence-electron chi connectivity index (χ3n) is 14.0. The quantitative estimate of drug-likeness (QED) is 0.155. The number of hydrogen-bond acceptors (Lipinski definition) is 0. The van der Waals surface area contributed by atoms with E-state index in [1.54, 1.807) is 0 Å². The maximum Gasteiger partial charge on any atom is 0.0731 e. The Morgan fingerprint density at radius 2 is 0.814 bits per heavy atom. The van der Waals surface area contributed by atoms with Crippen molar-refractivity contribution in [3.05, 3.63) is 229 Å². The minimum Gasteiger partial charge on any atom is -0.0619 e. The van der Waals surface area contributed by atoms with Gasteiger partial charge < -0.3 is 0 Å². The van der Waals surface area contributed by atoms with E-state index in [1.807, 2.05) is 0 Å². The maximum absolute atomic E-state index is 2.55. The van der Waals surface area contributed by atoms with Crippen molar-refractivity contribution >= 4 is 64.6 Å². The van der Waals surface area contributed by atoms with Gasteiger partial charge in [0.1, 0.15) is 0 Å². The van der Waals surface area contributed by atoms with E-state index in [-0.39, 0.29) is 0 Å². The summed E-state index contributed by atoms with van der Waals surface area (Å²) in [5.41, 5.74) is 15.4. The van der Waals surface area contributed by atoms with Gasteiger partial charge in [0.05, 0.1) is 5.41 Å². The van der Waals surface area contributed by atoms with E-state index in [1.165, 1.54) is 131 Å². The lowest BCUT2D eigenvalue weighted by Gasteiger charge is -2.32. The molecule has 12 aromatic carbocycles. The van der Waals surface area contributed by atoms with Crippen molar-refractivity contribution in [2.45, 2.75) is 5.41 Å².